The number of methoxy groups -OCH3 is 2. The first-order valence-corrected chi connectivity index (χ1v) is 60.0. The number of hydrogen-bond acceptors (Lipinski definition) is 27. The molecule has 4 aliphatic rings. The summed E-state index contributed by atoms with van der Waals surface area (Å²) in [6.07, 6.45) is 21.6. The summed E-state index contributed by atoms with van der Waals surface area (Å²) < 4.78 is 104. The summed E-state index contributed by atoms with van der Waals surface area (Å²) in [5.74, 6) is 0.676. The second-order valence-corrected chi connectivity index (χ2v) is 61.8. The van der Waals surface area contributed by atoms with Crippen LogP contribution in [-0.4, -0.2) is 243 Å². The number of halogens is 1. The van der Waals surface area contributed by atoms with Gasteiger partial charge in [0.25, 0.3) is 0 Å². The van der Waals surface area contributed by atoms with E-state index in [9.17, 15) is 18.0 Å². The van der Waals surface area contributed by atoms with Crippen LogP contribution >= 0.6 is 22.6 Å². The van der Waals surface area contributed by atoms with Crippen LogP contribution in [-0.2, 0) is 76.4 Å². The molecule has 0 spiro atoms. The number of nitrogens with zero attached hydrogens (tertiary/aromatic N) is 16. The van der Waals surface area contributed by atoms with Crippen molar-refractivity contribution in [1.82, 2.24) is 48.8 Å². The molecule has 2 fully saturated rings. The smallest absolute Gasteiger partial charge is 0.424 e. The molecule has 2 aliphatic heterocycles. The van der Waals surface area contributed by atoms with Crippen LogP contribution in [0.15, 0.2) is 123 Å². The number of carbonyl (C=O) groups excluding carboxylic acids is 2. The number of ketones is 2. The summed E-state index contributed by atoms with van der Waals surface area (Å²) in [7, 11) is -8.06. The molecule has 2 aromatic carbocycles. The third kappa shape index (κ3) is 27.0. The number of carbonyl (C=O) groups is 2. The molecule has 0 atom stereocenters. The van der Waals surface area contributed by atoms with Crippen molar-refractivity contribution in [3.63, 3.8) is 0 Å². The van der Waals surface area contributed by atoms with E-state index in [0.29, 0.717) is 158 Å². The van der Waals surface area contributed by atoms with E-state index < -0.39 is 64.0 Å². The molecular formula is C82H120IN16NaO14S2Si4. The minimum Gasteiger partial charge on any atom is -0.424 e. The van der Waals surface area contributed by atoms with Crippen LogP contribution in [0.25, 0.3) is 44.9 Å². The molecule has 648 valence electrons. The van der Waals surface area contributed by atoms with Gasteiger partial charge in [-0.05, 0) is 122 Å². The number of anilines is 2. The maximum atomic E-state index is 14.3. The Balaban J connectivity index is 0.000000260. The van der Waals surface area contributed by atoms with E-state index in [-0.39, 0.29) is 77.9 Å². The fraction of sp³-hybridized carbons (Fsp3) is 0.561. The SMILES string of the molecule is COCCOC1(C(=O)C2=NN=CC2)CCC(c2nc3c(-c4cnn(-c5ccccc5)c4)cnn3c(N(COCC[Si](C)(C)C)COCC[Si](C)(C)C)c2I)CC1.COCCOC1(C(=O)C2=NN=CC2)CCC(c2nc3c(-c4cnn(-c5ccccc5)c4)cnn3c(N(COCC[Si](C)(C)C)COCC[Si](C)(C)C)c2S(C)(=O)=O)CC1.C[S-](=O)=O.[Na+]. The molecule has 0 amide bonds. The van der Waals surface area contributed by atoms with Gasteiger partial charge < -0.3 is 56.1 Å². The topological polar surface area (TPSA) is 328 Å². The standard InChI is InChI=1S/C41H60N8O7SSi2.C40H57IN8O5Si2.CH3O2S.Na/c1-53-20-21-56-41(38(50)35-16-19-42-46-35)17-14-31(15-18-41)36-37(57(2,51)52)40(47(29-54-22-24-58(3,4)5)30-55-23-25-59(6,7)8)49-39(45-36)34(27-44-49)32-26-43-48(28-32)33-12-10-9-11-13-33;1-51-19-20-54-40(37(50)34-15-18-42-46-34)16-13-30(14-17-40)36-35(41)39(47(28-52-21-23-55(2,3)4)29-53-22-24-56(5,6)7)49-38(45-36)33(26-44-49)31-25-43-48(27-31)32-11-9-8-10-12-32;1-4(2)3;/h9-13,19,26-28,31H,14-18,20-25,29-30H2,1-8H3;8-12,18,25-27,30H,13-17,19-24,28-29H2,1-7H3;1H3;/q;;-1;+1. The number of benzene rings is 2. The molecule has 120 heavy (non-hydrogen) atoms. The number of rotatable bonds is 41. The minimum absolute atomic E-state index is 0. The van der Waals surface area contributed by atoms with E-state index in [1.807, 2.05) is 99.5 Å². The van der Waals surface area contributed by atoms with Crippen molar-refractivity contribution in [3.8, 4) is 33.6 Å². The summed E-state index contributed by atoms with van der Waals surface area (Å²) in [6.45, 7) is 32.5. The molecule has 0 bridgehead atoms. The monoisotopic (exact) mass is 1880 g/mol. The summed E-state index contributed by atoms with van der Waals surface area (Å²) in [5.41, 5.74) is 6.41. The molecule has 2 aliphatic carbocycles. The Kier molecular flexibility index (Phi) is 36.0. The normalized spacial score (nSPS) is 18.3. The van der Waals surface area contributed by atoms with Crippen LogP contribution in [0.4, 0.5) is 11.6 Å². The summed E-state index contributed by atoms with van der Waals surface area (Å²) in [4.78, 5) is 42.7. The van der Waals surface area contributed by atoms with Gasteiger partial charge in [0, 0.05) is 151 Å². The average Bonchev–Trinajstić information content (AvgIpc) is 1.47. The van der Waals surface area contributed by atoms with Crippen molar-refractivity contribution in [2.24, 2.45) is 20.4 Å². The first-order chi connectivity index (χ1) is 56.5. The van der Waals surface area contributed by atoms with Crippen molar-refractivity contribution < 1.29 is 93.9 Å². The Morgan fingerprint density at radius 3 is 1.21 bits per heavy atom. The number of aromatic nitrogens is 10. The van der Waals surface area contributed by atoms with Crippen LogP contribution in [0.2, 0.25) is 103 Å². The zero-order chi connectivity index (χ0) is 85.9. The second kappa shape index (κ2) is 44.2. The molecule has 8 heterocycles. The van der Waals surface area contributed by atoms with Gasteiger partial charge in [-0.25, -0.2) is 27.7 Å². The average molecular weight is 1880 g/mol. The molecule has 8 aromatic rings. The van der Waals surface area contributed by atoms with Gasteiger partial charge in [-0.1, -0.05) is 132 Å². The van der Waals surface area contributed by atoms with Gasteiger partial charge in [0.15, 0.2) is 32.8 Å². The van der Waals surface area contributed by atoms with Crippen molar-refractivity contribution in [2.45, 2.75) is 195 Å². The zero-order valence-corrected chi connectivity index (χ0v) is 82.8. The number of para-hydroxylation sites is 2. The minimum atomic E-state index is -3.95. The van der Waals surface area contributed by atoms with Crippen LogP contribution in [0, 0.1) is 3.57 Å². The Labute approximate surface area is 748 Å². The van der Waals surface area contributed by atoms with Gasteiger partial charge in [0.05, 0.1) is 77.5 Å². The molecule has 38 heteroatoms. The second-order valence-electron chi connectivity index (χ2n) is 35.5. The Bertz CT molecular complexity index is 4990. The van der Waals surface area contributed by atoms with Gasteiger partial charge in [-0.15, -0.1) is 0 Å². The van der Waals surface area contributed by atoms with E-state index in [2.05, 4.69) is 132 Å². The van der Waals surface area contributed by atoms with E-state index in [1.54, 1.807) is 48.2 Å². The Hall–Kier alpha value is -6.10. The van der Waals surface area contributed by atoms with Gasteiger partial charge in [0.1, 0.15) is 54.4 Å². The van der Waals surface area contributed by atoms with Crippen molar-refractivity contribution in [3.05, 3.63) is 113 Å². The maximum absolute atomic E-state index is 14.3. The fourth-order valence-electron chi connectivity index (χ4n) is 14.3. The number of hydrogen-bond donors (Lipinski definition) is 0. The van der Waals surface area contributed by atoms with Crippen LogP contribution in [0.1, 0.15) is 87.4 Å². The summed E-state index contributed by atoms with van der Waals surface area (Å²) >= 11 is 2.44. The van der Waals surface area contributed by atoms with Crippen LogP contribution < -0.4 is 39.4 Å². The predicted molar refractivity (Wildman–Crippen MR) is 487 cm³/mol. The van der Waals surface area contributed by atoms with Crippen LogP contribution in [0.3, 0.4) is 0 Å². The Morgan fingerprint density at radius 2 is 0.867 bits per heavy atom. The number of ether oxygens (including phenoxy) is 8. The molecule has 0 saturated heterocycles. The maximum Gasteiger partial charge on any atom is 1.00 e. The largest absolute Gasteiger partial charge is 1.00 e. The molecule has 12 rings (SSSR count). The van der Waals surface area contributed by atoms with Crippen LogP contribution in [0.5, 0.6) is 0 Å². The van der Waals surface area contributed by atoms with E-state index in [4.69, 9.17) is 71.6 Å². The molecule has 0 unspecified atom stereocenters. The zero-order valence-electron chi connectivity index (χ0n) is 73.0. The van der Waals surface area contributed by atoms with Gasteiger partial charge in [-0.3, -0.25) is 9.59 Å². The third-order valence-corrected chi connectivity index (χ3v) is 30.1. The quantitative estimate of drug-likeness (QED) is 0.0113. The number of fused-ring (bicyclic) bond motifs is 2. The van der Waals surface area contributed by atoms with Gasteiger partial charge in [-0.2, -0.15) is 49.8 Å². The summed E-state index contributed by atoms with van der Waals surface area (Å²) in [5, 5.41) is 35.3. The van der Waals surface area contributed by atoms with Gasteiger partial charge >= 0.3 is 29.6 Å². The predicted octanol–water partition coefficient (Wildman–Crippen LogP) is 11.9. The van der Waals surface area contributed by atoms with Crippen molar-refractivity contribution >= 4 is 134 Å². The fourth-order valence-corrected chi connectivity index (χ4v) is 19.6. The third-order valence-electron chi connectivity index (χ3n) is 21.1. The van der Waals surface area contributed by atoms with Crippen molar-refractivity contribution in [1.29, 1.82) is 0 Å². The molecule has 0 N–H and O–H groups in total. The molecule has 0 radical (unpaired) electrons. The molecular weight excluding hydrogens is 1760 g/mol. The Morgan fingerprint density at radius 1 is 0.517 bits per heavy atom. The number of Topliss-reactive ketones (excluding diaryl/α,β-unsaturated/α-hetero) is 2. The molecule has 30 nitrogen and oxygen atoms in total. The first-order valence-electron chi connectivity index (χ1n) is 40.8. The van der Waals surface area contributed by atoms with E-state index in [1.165, 1.54) is 6.26 Å². The summed E-state index contributed by atoms with van der Waals surface area (Å²) in [6, 6.07) is 23.9. The van der Waals surface area contributed by atoms with E-state index >= 15 is 0 Å². The number of sulfone groups is 1. The van der Waals surface area contributed by atoms with Crippen molar-refractivity contribution in [2.75, 3.05) is 116 Å². The molecule has 2 saturated carbocycles. The van der Waals surface area contributed by atoms with Gasteiger partial charge in [0.2, 0.25) is 11.6 Å². The molecule has 6 aromatic heterocycles. The first kappa shape index (κ1) is 97.7. The van der Waals surface area contributed by atoms with E-state index in [0.717, 1.165) is 79.2 Å².